The van der Waals surface area contributed by atoms with Crippen molar-refractivity contribution in [3.8, 4) is 0 Å². The Balaban J connectivity index is 1.41. The third kappa shape index (κ3) is 4.61. The van der Waals surface area contributed by atoms with Crippen LogP contribution in [0.4, 0.5) is 0 Å². The average molecular weight is 487 g/mol. The van der Waals surface area contributed by atoms with E-state index < -0.39 is 17.0 Å². The smallest absolute Gasteiger partial charge is 0.243 e. The zero-order valence-electron chi connectivity index (χ0n) is 22.2. The number of fused-ring (bicyclic) bond motifs is 1. The first-order valence-corrected chi connectivity index (χ1v) is 14.0. The summed E-state index contributed by atoms with van der Waals surface area (Å²) >= 11 is 1.67. The van der Waals surface area contributed by atoms with Crippen molar-refractivity contribution in [3.63, 3.8) is 0 Å². The molecule has 2 aromatic carbocycles. The molecule has 0 saturated carbocycles. The molecule has 2 aliphatic heterocycles. The lowest BCUT2D eigenvalue weighted by Gasteiger charge is -2.38. The van der Waals surface area contributed by atoms with E-state index in [-0.39, 0.29) is 12.0 Å². The summed E-state index contributed by atoms with van der Waals surface area (Å²) in [5.74, 6) is 0.565. The first-order chi connectivity index (χ1) is 17.0. The Morgan fingerprint density at radius 3 is 2.55 bits per heavy atom. The molecule has 2 atom stereocenters. The predicted molar refractivity (Wildman–Crippen MR) is 135 cm³/mol. The molecule has 0 aliphatic carbocycles. The molecule has 0 radical (unpaired) electrons. The van der Waals surface area contributed by atoms with Crippen molar-refractivity contribution in [1.82, 2.24) is 14.2 Å². The zero-order valence-corrected chi connectivity index (χ0v) is 20.8. The van der Waals surface area contributed by atoms with E-state index in [0.717, 1.165) is 52.0 Å². The maximum atomic E-state index is 13.7. The van der Waals surface area contributed by atoms with Crippen LogP contribution in [0.3, 0.4) is 0 Å². The summed E-state index contributed by atoms with van der Waals surface area (Å²) in [5.41, 5.74) is 2.92. The summed E-state index contributed by atoms with van der Waals surface area (Å²) < 4.78 is 53.0. The molecule has 2 fully saturated rings. The van der Waals surface area contributed by atoms with Crippen molar-refractivity contribution in [2.24, 2.45) is 5.92 Å². The lowest BCUT2D eigenvalue weighted by Crippen LogP contribution is -2.41. The second-order valence-electron chi connectivity index (χ2n) is 9.63. The number of aromatic nitrogens is 1. The van der Waals surface area contributed by atoms with Crippen LogP contribution in [-0.2, 0) is 10.0 Å². The normalized spacial score (nSPS) is 25.6. The average Bonchev–Trinajstić information content (AvgIpc) is 3.27. The van der Waals surface area contributed by atoms with Gasteiger partial charge in [-0.05, 0) is 88.4 Å². The van der Waals surface area contributed by atoms with E-state index >= 15 is 0 Å². The minimum atomic E-state index is -3.63. The fourth-order valence-electron chi connectivity index (χ4n) is 5.03. The Morgan fingerprint density at radius 2 is 1.82 bits per heavy atom. The predicted octanol–water partition coefficient (Wildman–Crippen LogP) is 5.58. The van der Waals surface area contributed by atoms with Gasteiger partial charge in [0.1, 0.15) is 0 Å². The fraction of sp³-hybridized carbons (Fsp3) is 0.500. The highest BCUT2D eigenvalue weighted by Gasteiger charge is 2.37. The minimum absolute atomic E-state index is 0.218. The molecule has 7 heteroatoms. The maximum Gasteiger partial charge on any atom is 0.243 e. The van der Waals surface area contributed by atoms with Crippen LogP contribution >= 0.6 is 11.3 Å². The van der Waals surface area contributed by atoms with Gasteiger partial charge in [0, 0.05) is 16.6 Å². The first-order valence-electron chi connectivity index (χ1n) is 13.3. The number of piperidine rings is 2. The van der Waals surface area contributed by atoms with Crippen molar-refractivity contribution < 1.29 is 12.5 Å². The number of sulfonamides is 1. The number of hydrogen-bond donors (Lipinski definition) is 0. The molecular weight excluding hydrogens is 450 g/mol. The largest absolute Gasteiger partial charge is 0.306 e. The Hall–Kier alpha value is -1.80. The number of rotatable bonds is 4. The van der Waals surface area contributed by atoms with Gasteiger partial charge in [0.15, 0.2) is 0 Å². The number of nitrogens with zero attached hydrogens (tertiary/aromatic N) is 3. The molecule has 176 valence electrons. The summed E-state index contributed by atoms with van der Waals surface area (Å²) in [6.45, 7) is 3.64. The Kier molecular flexibility index (Phi) is 5.38. The van der Waals surface area contributed by atoms with Crippen molar-refractivity contribution in [2.75, 3.05) is 26.6 Å². The summed E-state index contributed by atoms with van der Waals surface area (Å²) in [4.78, 5) is 6.85. The molecule has 5 rings (SSSR count). The summed E-state index contributed by atoms with van der Waals surface area (Å²) in [7, 11) is -3.63. The third-order valence-corrected chi connectivity index (χ3v) is 10.1. The molecule has 33 heavy (non-hydrogen) atoms. The van der Waals surface area contributed by atoms with Crippen LogP contribution in [0.5, 0.6) is 0 Å². The number of likely N-dealkylation sites (tertiary alicyclic amines) is 1. The van der Waals surface area contributed by atoms with Crippen molar-refractivity contribution in [1.29, 1.82) is 0 Å². The third-order valence-electron chi connectivity index (χ3n) is 7.06. The lowest BCUT2D eigenvalue weighted by atomic mass is 9.92. The summed E-state index contributed by atoms with van der Waals surface area (Å²) in [5, 5.41) is 1.05. The van der Waals surface area contributed by atoms with Crippen molar-refractivity contribution >= 4 is 31.6 Å². The molecule has 0 amide bonds. The van der Waals surface area contributed by atoms with Gasteiger partial charge in [0.2, 0.25) is 10.0 Å². The number of hydrogen-bond acceptors (Lipinski definition) is 5. The molecule has 3 aromatic rings. The van der Waals surface area contributed by atoms with E-state index in [0.29, 0.717) is 30.4 Å². The number of thiazole rings is 1. The van der Waals surface area contributed by atoms with Gasteiger partial charge >= 0.3 is 0 Å². The van der Waals surface area contributed by atoms with E-state index in [9.17, 15) is 8.42 Å². The topological polar surface area (TPSA) is 53.5 Å². The molecule has 0 bridgehead atoms. The van der Waals surface area contributed by atoms with Gasteiger partial charge in [-0.15, -0.1) is 11.3 Å². The Labute approximate surface area is 205 Å². The molecule has 1 aromatic heterocycles. The van der Waals surface area contributed by atoms with Gasteiger partial charge in [-0.3, -0.25) is 0 Å². The molecule has 2 saturated heterocycles. The summed E-state index contributed by atoms with van der Waals surface area (Å²) in [6, 6.07) is 13.1. The lowest BCUT2D eigenvalue weighted by molar-refractivity contribution is 0.207. The van der Waals surface area contributed by atoms with Crippen LogP contribution in [0, 0.1) is 12.8 Å². The van der Waals surface area contributed by atoms with E-state index in [1.807, 2.05) is 19.1 Å². The Morgan fingerprint density at radius 1 is 1.06 bits per heavy atom. The van der Waals surface area contributed by atoms with Gasteiger partial charge < -0.3 is 4.90 Å². The van der Waals surface area contributed by atoms with Gasteiger partial charge in [0.25, 0.3) is 0 Å². The van der Waals surface area contributed by atoms with Gasteiger partial charge in [-0.1, -0.05) is 30.7 Å². The van der Waals surface area contributed by atoms with Crippen LogP contribution in [0.1, 0.15) is 64.8 Å². The number of aryl methyl sites for hydroxylation is 1. The number of benzene rings is 2. The molecule has 0 N–H and O–H groups in total. The highest BCUT2D eigenvalue weighted by molar-refractivity contribution is 7.89. The highest BCUT2D eigenvalue weighted by Crippen LogP contribution is 2.40. The van der Waals surface area contributed by atoms with Crippen LogP contribution in [0.25, 0.3) is 10.2 Å². The van der Waals surface area contributed by atoms with Crippen molar-refractivity contribution in [3.05, 3.63) is 58.6 Å². The van der Waals surface area contributed by atoms with E-state index in [1.165, 1.54) is 0 Å². The van der Waals surface area contributed by atoms with Crippen molar-refractivity contribution in [2.45, 2.75) is 56.4 Å². The monoisotopic (exact) mass is 486 g/mol. The van der Waals surface area contributed by atoms with Gasteiger partial charge in [0.05, 0.1) is 26.2 Å². The molecule has 0 spiro atoms. The van der Waals surface area contributed by atoms with E-state index in [1.54, 1.807) is 32.7 Å². The van der Waals surface area contributed by atoms with Crippen LogP contribution in [-0.4, -0.2) is 49.2 Å². The summed E-state index contributed by atoms with van der Waals surface area (Å²) in [6.07, 6.45) is 3.33. The fourth-order valence-corrected chi connectivity index (χ4v) is 7.91. The Bertz CT molecular complexity index is 1330. The van der Waals surface area contributed by atoms with Gasteiger partial charge in [-0.2, -0.15) is 4.31 Å². The zero-order chi connectivity index (χ0) is 25.7. The standard InChI is InChI=1S/C26H33N3O2S2/c1-18-4-8-22(9-5-18)33(30,31)29-17-19(2)6-10-24(29)21-7-11-25-23(16-21)27-26(32-25)20-12-14-28(3)15-13-20/h4-5,7-9,11,16,19-20,24H,6,10,12-15,17H2,1-3H3/t19-,24?/m0/s1/i3D3. The van der Waals surface area contributed by atoms with Gasteiger partial charge in [-0.25, -0.2) is 13.4 Å². The molecule has 2 aliphatic rings. The minimum Gasteiger partial charge on any atom is -0.306 e. The van der Waals surface area contributed by atoms with Crippen LogP contribution in [0.2, 0.25) is 0 Å². The van der Waals surface area contributed by atoms with Crippen LogP contribution < -0.4 is 0 Å². The SMILES string of the molecule is [2H]C([2H])([2H])N1CCC(c2nc3cc(C4CC[C@H](C)CN4S(=O)(=O)c4ccc(C)cc4)ccc3s2)CC1. The second-order valence-corrected chi connectivity index (χ2v) is 12.6. The molecule has 1 unspecified atom stereocenters. The molecule has 5 nitrogen and oxygen atoms in total. The maximum absolute atomic E-state index is 13.7. The highest BCUT2D eigenvalue weighted by atomic mass is 32.2. The van der Waals surface area contributed by atoms with Crippen LogP contribution in [0.15, 0.2) is 47.4 Å². The molecular formula is C26H33N3O2S2. The first kappa shape index (κ1) is 19.5. The quantitative estimate of drug-likeness (QED) is 0.483. The van der Waals surface area contributed by atoms with E-state index in [2.05, 4.69) is 25.1 Å². The van der Waals surface area contributed by atoms with E-state index in [4.69, 9.17) is 9.10 Å². The second kappa shape index (κ2) is 9.10. The molecule has 3 heterocycles.